The second-order valence-corrected chi connectivity index (χ2v) is 7.56. The van der Waals surface area contributed by atoms with E-state index >= 15 is 0 Å². The van der Waals surface area contributed by atoms with Gasteiger partial charge in [-0.2, -0.15) is 17.5 Å². The van der Waals surface area contributed by atoms with Crippen molar-refractivity contribution in [3.05, 3.63) is 28.5 Å². The van der Waals surface area contributed by atoms with Crippen LogP contribution >= 0.6 is 15.9 Å². The predicted octanol–water partition coefficient (Wildman–Crippen LogP) is 1.98. The van der Waals surface area contributed by atoms with Crippen LogP contribution in [-0.4, -0.2) is 55.9 Å². The number of nitrogens with zero attached hydrogens (tertiary/aromatic N) is 2. The van der Waals surface area contributed by atoms with Crippen molar-refractivity contribution in [2.75, 3.05) is 26.2 Å². The first kappa shape index (κ1) is 18.1. The Morgan fingerprint density at radius 2 is 1.70 bits per heavy atom. The minimum atomic E-state index is -4.99. The van der Waals surface area contributed by atoms with Gasteiger partial charge in [0.05, 0.1) is 9.37 Å². The van der Waals surface area contributed by atoms with Crippen molar-refractivity contribution in [1.82, 2.24) is 9.21 Å². The molecule has 0 spiro atoms. The summed E-state index contributed by atoms with van der Waals surface area (Å²) in [5, 5.41) is 0. The summed E-state index contributed by atoms with van der Waals surface area (Å²) in [6.45, 7) is -1.34. The summed E-state index contributed by atoms with van der Waals surface area (Å²) >= 11 is 2.90. The number of carbonyl (C=O) groups is 1. The minimum absolute atomic E-state index is 0.0945. The molecule has 5 nitrogen and oxygen atoms in total. The molecule has 2 rings (SSSR count). The summed E-state index contributed by atoms with van der Waals surface area (Å²) in [5.41, 5.74) is 0. The number of hydrogen-bond acceptors (Lipinski definition) is 3. The number of amides is 1. The molecule has 1 heterocycles. The van der Waals surface area contributed by atoms with E-state index in [4.69, 9.17) is 0 Å². The quantitative estimate of drug-likeness (QED) is 0.690. The van der Waals surface area contributed by atoms with Gasteiger partial charge in [-0.15, -0.1) is 0 Å². The highest BCUT2D eigenvalue weighted by Crippen LogP contribution is 2.24. The average Bonchev–Trinajstić information content (AvgIpc) is 2.48. The monoisotopic (exact) mass is 418 g/mol. The molecule has 0 radical (unpaired) electrons. The van der Waals surface area contributed by atoms with E-state index in [2.05, 4.69) is 15.9 Å². The standard InChI is InChI=1S/C12H11BrF4N2O3S/c13-9-2-1-8(7-10(9)14)23(21,22)19-5-3-18(4-6-19)11(20)12(15,16)17/h1-2,7H,3-6H2. The summed E-state index contributed by atoms with van der Waals surface area (Å²) in [4.78, 5) is 11.4. The number of hydrogen-bond donors (Lipinski definition) is 0. The molecule has 0 bridgehead atoms. The van der Waals surface area contributed by atoms with Crippen LogP contribution in [0.4, 0.5) is 17.6 Å². The summed E-state index contributed by atoms with van der Waals surface area (Å²) in [7, 11) is -4.03. The molecule has 0 unspecified atom stereocenters. The van der Waals surface area contributed by atoms with Crippen LogP contribution in [0.25, 0.3) is 0 Å². The van der Waals surface area contributed by atoms with Gasteiger partial charge in [-0.3, -0.25) is 4.79 Å². The molecule has 0 aromatic heterocycles. The third-order valence-electron chi connectivity index (χ3n) is 3.30. The van der Waals surface area contributed by atoms with Gasteiger partial charge in [-0.05, 0) is 34.1 Å². The van der Waals surface area contributed by atoms with E-state index in [1.54, 1.807) is 0 Å². The molecular formula is C12H11BrF4N2O3S. The molecule has 1 aromatic rings. The lowest BCUT2D eigenvalue weighted by Crippen LogP contribution is -2.53. The largest absolute Gasteiger partial charge is 0.471 e. The number of piperazine rings is 1. The van der Waals surface area contributed by atoms with Gasteiger partial charge >= 0.3 is 12.1 Å². The fraction of sp³-hybridized carbons (Fsp3) is 0.417. The van der Waals surface area contributed by atoms with Gasteiger partial charge in [0.1, 0.15) is 5.82 Å². The Kier molecular flexibility index (Phi) is 5.02. The lowest BCUT2D eigenvalue weighted by Gasteiger charge is -2.34. The van der Waals surface area contributed by atoms with Crippen molar-refractivity contribution in [2.24, 2.45) is 0 Å². The molecule has 1 aromatic carbocycles. The Labute approximate surface area is 138 Å². The Bertz CT molecular complexity index is 716. The lowest BCUT2D eigenvalue weighted by atomic mass is 10.3. The van der Waals surface area contributed by atoms with Gasteiger partial charge in [0.2, 0.25) is 10.0 Å². The Morgan fingerprint density at radius 3 is 2.17 bits per heavy atom. The van der Waals surface area contributed by atoms with Crippen molar-refractivity contribution < 1.29 is 30.8 Å². The number of rotatable bonds is 2. The van der Waals surface area contributed by atoms with Crippen LogP contribution in [0.2, 0.25) is 0 Å². The summed E-state index contributed by atoms with van der Waals surface area (Å²) in [5.74, 6) is -2.76. The number of halogens is 5. The average molecular weight is 419 g/mol. The van der Waals surface area contributed by atoms with Crippen molar-refractivity contribution in [3.8, 4) is 0 Å². The van der Waals surface area contributed by atoms with Crippen LogP contribution in [0.1, 0.15) is 0 Å². The highest BCUT2D eigenvalue weighted by Gasteiger charge is 2.44. The van der Waals surface area contributed by atoms with E-state index in [0.717, 1.165) is 10.4 Å². The lowest BCUT2D eigenvalue weighted by molar-refractivity contribution is -0.186. The zero-order valence-corrected chi connectivity index (χ0v) is 13.9. The van der Waals surface area contributed by atoms with E-state index in [1.165, 1.54) is 12.1 Å². The highest BCUT2D eigenvalue weighted by molar-refractivity contribution is 9.10. The van der Waals surface area contributed by atoms with E-state index < -0.39 is 27.9 Å². The molecule has 11 heteroatoms. The van der Waals surface area contributed by atoms with Crippen molar-refractivity contribution in [1.29, 1.82) is 0 Å². The summed E-state index contributed by atoms with van der Waals surface area (Å²) in [6, 6.07) is 3.24. The maximum Gasteiger partial charge on any atom is 0.471 e. The smallest absolute Gasteiger partial charge is 0.332 e. The van der Waals surface area contributed by atoms with E-state index in [-0.39, 0.29) is 35.5 Å². The van der Waals surface area contributed by atoms with Gasteiger partial charge in [0, 0.05) is 26.2 Å². The molecule has 1 aliphatic heterocycles. The topological polar surface area (TPSA) is 57.7 Å². The fourth-order valence-corrected chi connectivity index (χ4v) is 3.78. The SMILES string of the molecule is O=C(N1CCN(S(=O)(=O)c2ccc(Br)c(F)c2)CC1)C(F)(F)F. The molecule has 0 N–H and O–H groups in total. The zero-order chi connectivity index (χ0) is 17.4. The molecule has 1 saturated heterocycles. The van der Waals surface area contributed by atoms with Gasteiger partial charge in [0.15, 0.2) is 0 Å². The highest BCUT2D eigenvalue weighted by atomic mass is 79.9. The first-order valence-electron chi connectivity index (χ1n) is 6.35. The molecule has 0 atom stereocenters. The third-order valence-corrected chi connectivity index (χ3v) is 5.83. The van der Waals surface area contributed by atoms with Gasteiger partial charge in [-0.25, -0.2) is 12.8 Å². The number of benzene rings is 1. The minimum Gasteiger partial charge on any atom is -0.332 e. The Hall–Kier alpha value is -1.20. The summed E-state index contributed by atoms with van der Waals surface area (Å²) < 4.78 is 76.2. The Balaban J connectivity index is 2.12. The number of sulfonamides is 1. The zero-order valence-electron chi connectivity index (χ0n) is 11.5. The number of carbonyl (C=O) groups excluding carboxylic acids is 1. The molecule has 0 aliphatic carbocycles. The van der Waals surface area contributed by atoms with Crippen LogP contribution in [0.15, 0.2) is 27.6 Å². The first-order chi connectivity index (χ1) is 10.5. The third kappa shape index (κ3) is 3.83. The van der Waals surface area contributed by atoms with Crippen LogP contribution in [0.3, 0.4) is 0 Å². The van der Waals surface area contributed by atoms with Crippen LogP contribution in [0, 0.1) is 5.82 Å². The first-order valence-corrected chi connectivity index (χ1v) is 8.58. The van der Waals surface area contributed by atoms with E-state index in [9.17, 15) is 30.8 Å². The second-order valence-electron chi connectivity index (χ2n) is 4.77. The van der Waals surface area contributed by atoms with Crippen LogP contribution in [-0.2, 0) is 14.8 Å². The Morgan fingerprint density at radius 1 is 1.13 bits per heavy atom. The van der Waals surface area contributed by atoms with Crippen LogP contribution < -0.4 is 0 Å². The van der Waals surface area contributed by atoms with E-state index in [1.807, 2.05) is 0 Å². The van der Waals surface area contributed by atoms with Crippen molar-refractivity contribution in [2.45, 2.75) is 11.1 Å². The maximum atomic E-state index is 13.5. The van der Waals surface area contributed by atoms with Crippen molar-refractivity contribution in [3.63, 3.8) is 0 Å². The maximum absolute atomic E-state index is 13.5. The second kappa shape index (κ2) is 6.36. The van der Waals surface area contributed by atoms with E-state index in [0.29, 0.717) is 4.90 Å². The predicted molar refractivity (Wildman–Crippen MR) is 75.5 cm³/mol. The van der Waals surface area contributed by atoms with Gasteiger partial charge in [0.25, 0.3) is 0 Å². The molecule has 23 heavy (non-hydrogen) atoms. The molecule has 128 valence electrons. The molecule has 1 fully saturated rings. The van der Waals surface area contributed by atoms with Gasteiger partial charge in [-0.1, -0.05) is 0 Å². The van der Waals surface area contributed by atoms with Crippen LogP contribution in [0.5, 0.6) is 0 Å². The number of alkyl halides is 3. The normalized spacial score (nSPS) is 17.3. The summed E-state index contributed by atoms with van der Waals surface area (Å²) in [6.07, 6.45) is -4.99. The molecule has 1 aliphatic rings. The molecule has 1 amide bonds. The van der Waals surface area contributed by atoms with Crippen molar-refractivity contribution >= 4 is 31.9 Å². The molecule has 0 saturated carbocycles. The van der Waals surface area contributed by atoms with Gasteiger partial charge < -0.3 is 4.90 Å². The fourth-order valence-electron chi connectivity index (χ4n) is 2.10. The molecular weight excluding hydrogens is 408 g/mol.